The number of nitrogens with zero attached hydrogens (tertiary/aromatic N) is 2. The summed E-state index contributed by atoms with van der Waals surface area (Å²) in [6.45, 7) is 9.96. The second kappa shape index (κ2) is 13.9. The lowest BCUT2D eigenvalue weighted by Crippen LogP contribution is -2.39. The monoisotopic (exact) mass is 580 g/mol. The number of aliphatic hydroxyl groups is 1. The Balaban J connectivity index is 1.51. The maximum atomic E-state index is 13.6. The van der Waals surface area contributed by atoms with Crippen LogP contribution in [-0.2, 0) is 14.3 Å². The predicted molar refractivity (Wildman–Crippen MR) is 156 cm³/mol. The van der Waals surface area contributed by atoms with Crippen molar-refractivity contribution in [1.82, 2.24) is 9.80 Å². The normalized spacial score (nSPS) is 20.1. The number of ether oxygens (including phenoxy) is 5. The van der Waals surface area contributed by atoms with Crippen molar-refractivity contribution in [2.45, 2.75) is 39.2 Å². The topological polar surface area (TPSA) is 107 Å². The van der Waals surface area contributed by atoms with Crippen molar-refractivity contribution in [2.24, 2.45) is 0 Å². The Labute approximate surface area is 246 Å². The van der Waals surface area contributed by atoms with Crippen LogP contribution in [0.4, 0.5) is 0 Å². The van der Waals surface area contributed by atoms with Crippen LogP contribution in [-0.4, -0.2) is 92.4 Å². The molecule has 0 spiro atoms. The summed E-state index contributed by atoms with van der Waals surface area (Å²) < 4.78 is 28.7. The second-order valence-electron chi connectivity index (χ2n) is 10.5. The van der Waals surface area contributed by atoms with E-state index in [0.29, 0.717) is 86.7 Å². The number of ketones is 1. The summed E-state index contributed by atoms with van der Waals surface area (Å²) in [5, 5.41) is 11.6. The predicted octanol–water partition coefficient (Wildman–Crippen LogP) is 4.18. The quantitative estimate of drug-likeness (QED) is 0.171. The molecule has 42 heavy (non-hydrogen) atoms. The number of hydrogen-bond acceptors (Lipinski definition) is 9. The number of rotatable bonds is 12. The number of carbonyl (C=O) groups is 2. The van der Waals surface area contributed by atoms with Gasteiger partial charge in [0.25, 0.3) is 11.7 Å². The van der Waals surface area contributed by atoms with Crippen LogP contribution in [0.25, 0.3) is 5.76 Å². The largest absolute Gasteiger partial charge is 0.507 e. The number of unbranched alkanes of at least 4 members (excludes halogenated alkanes) is 1. The summed E-state index contributed by atoms with van der Waals surface area (Å²) in [6, 6.07) is 9.68. The molecule has 0 bridgehead atoms. The Kier molecular flexibility index (Phi) is 9.86. The van der Waals surface area contributed by atoms with Gasteiger partial charge in [0.05, 0.1) is 38.0 Å². The van der Waals surface area contributed by atoms with E-state index in [0.717, 1.165) is 32.5 Å². The average Bonchev–Trinajstić information content (AvgIpc) is 3.27. The zero-order chi connectivity index (χ0) is 29.5. The highest BCUT2D eigenvalue weighted by atomic mass is 16.6. The van der Waals surface area contributed by atoms with Crippen LogP contribution in [0.2, 0.25) is 0 Å². The first-order chi connectivity index (χ1) is 20.5. The molecule has 10 nitrogen and oxygen atoms in total. The van der Waals surface area contributed by atoms with E-state index in [4.69, 9.17) is 23.7 Å². The molecule has 0 radical (unpaired) electrons. The first kappa shape index (κ1) is 29.7. The molecule has 0 saturated carbocycles. The molecule has 2 saturated heterocycles. The molecule has 5 rings (SSSR count). The van der Waals surface area contributed by atoms with Crippen molar-refractivity contribution in [3.05, 3.63) is 53.1 Å². The molecule has 3 heterocycles. The van der Waals surface area contributed by atoms with Crippen molar-refractivity contribution in [3.63, 3.8) is 0 Å². The van der Waals surface area contributed by atoms with Crippen LogP contribution in [0.15, 0.2) is 42.0 Å². The van der Waals surface area contributed by atoms with Crippen molar-refractivity contribution in [1.29, 1.82) is 0 Å². The van der Waals surface area contributed by atoms with E-state index in [9.17, 15) is 14.7 Å². The lowest BCUT2D eigenvalue weighted by Gasteiger charge is -2.29. The standard InChI is InChI=1S/C32H40N2O8/c1-3-5-15-40-24-9-7-22(20-26(24)39-4-2)29-28(30(35)23-8-10-25-27(21-23)42-19-18-41-25)31(36)32(37)34(29)12-6-11-33-13-16-38-17-14-33/h7-10,20-21,29,35H,3-6,11-19H2,1-2H3. The molecule has 2 fully saturated rings. The zero-order valence-corrected chi connectivity index (χ0v) is 24.4. The first-order valence-electron chi connectivity index (χ1n) is 14.9. The van der Waals surface area contributed by atoms with Gasteiger partial charge < -0.3 is 33.7 Å². The molecule has 3 aliphatic rings. The van der Waals surface area contributed by atoms with Gasteiger partial charge in [-0.2, -0.15) is 0 Å². The Hall–Kier alpha value is -3.76. The maximum Gasteiger partial charge on any atom is 0.295 e. The van der Waals surface area contributed by atoms with Crippen LogP contribution in [0.1, 0.15) is 50.3 Å². The molecule has 3 aliphatic heterocycles. The van der Waals surface area contributed by atoms with Gasteiger partial charge in [-0.3, -0.25) is 14.5 Å². The van der Waals surface area contributed by atoms with Gasteiger partial charge in [0.15, 0.2) is 23.0 Å². The summed E-state index contributed by atoms with van der Waals surface area (Å²) in [6.07, 6.45) is 2.58. The van der Waals surface area contributed by atoms with Crippen LogP contribution < -0.4 is 18.9 Å². The van der Waals surface area contributed by atoms with Crippen molar-refractivity contribution < 1.29 is 38.4 Å². The number of Topliss-reactive ketones (excluding diaryl/α,β-unsaturated/α-hetero) is 1. The van der Waals surface area contributed by atoms with Gasteiger partial charge in [0.1, 0.15) is 19.0 Å². The van der Waals surface area contributed by atoms with E-state index < -0.39 is 17.7 Å². The minimum atomic E-state index is -0.799. The second-order valence-corrected chi connectivity index (χ2v) is 10.5. The van der Waals surface area contributed by atoms with Crippen LogP contribution in [0.3, 0.4) is 0 Å². The van der Waals surface area contributed by atoms with E-state index in [1.54, 1.807) is 23.1 Å². The van der Waals surface area contributed by atoms with Gasteiger partial charge in [-0.05, 0) is 55.7 Å². The number of hydrogen-bond donors (Lipinski definition) is 1. The molecule has 0 aromatic heterocycles. The first-order valence-corrected chi connectivity index (χ1v) is 14.9. The summed E-state index contributed by atoms with van der Waals surface area (Å²) >= 11 is 0. The molecule has 2 aromatic carbocycles. The summed E-state index contributed by atoms with van der Waals surface area (Å²) in [5.41, 5.74) is 1.07. The number of fused-ring (bicyclic) bond motifs is 1. The molecule has 226 valence electrons. The molecule has 10 heteroatoms. The molecular formula is C32H40N2O8. The number of benzene rings is 2. The van der Waals surface area contributed by atoms with Crippen molar-refractivity contribution >= 4 is 17.4 Å². The van der Waals surface area contributed by atoms with E-state index >= 15 is 0 Å². The number of aliphatic hydroxyl groups excluding tert-OH is 1. The minimum Gasteiger partial charge on any atom is -0.507 e. The molecule has 1 N–H and O–H groups in total. The van der Waals surface area contributed by atoms with Crippen molar-refractivity contribution in [2.75, 3.05) is 65.8 Å². The maximum absolute atomic E-state index is 13.6. The van der Waals surface area contributed by atoms with E-state index in [1.165, 1.54) is 0 Å². The smallest absolute Gasteiger partial charge is 0.295 e. The highest BCUT2D eigenvalue weighted by Gasteiger charge is 2.46. The zero-order valence-electron chi connectivity index (χ0n) is 24.4. The fraction of sp³-hybridized carbons (Fsp3) is 0.500. The van der Waals surface area contributed by atoms with Gasteiger partial charge in [-0.25, -0.2) is 0 Å². The van der Waals surface area contributed by atoms with Crippen LogP contribution >= 0.6 is 0 Å². The molecule has 1 amide bonds. The van der Waals surface area contributed by atoms with E-state index in [1.807, 2.05) is 25.1 Å². The number of morpholine rings is 1. The van der Waals surface area contributed by atoms with Crippen LogP contribution in [0, 0.1) is 0 Å². The number of carbonyl (C=O) groups excluding carboxylic acids is 2. The Bertz CT molecular complexity index is 1300. The van der Waals surface area contributed by atoms with Gasteiger partial charge in [-0.15, -0.1) is 0 Å². The summed E-state index contributed by atoms with van der Waals surface area (Å²) in [7, 11) is 0. The molecule has 1 atom stereocenters. The third-order valence-electron chi connectivity index (χ3n) is 7.67. The van der Waals surface area contributed by atoms with Crippen LogP contribution in [0.5, 0.6) is 23.0 Å². The fourth-order valence-electron chi connectivity index (χ4n) is 5.50. The van der Waals surface area contributed by atoms with E-state index in [2.05, 4.69) is 11.8 Å². The lowest BCUT2D eigenvalue weighted by atomic mass is 9.94. The highest BCUT2D eigenvalue weighted by molar-refractivity contribution is 6.46. The van der Waals surface area contributed by atoms with Crippen molar-refractivity contribution in [3.8, 4) is 23.0 Å². The fourth-order valence-corrected chi connectivity index (χ4v) is 5.50. The third-order valence-corrected chi connectivity index (χ3v) is 7.67. The van der Waals surface area contributed by atoms with Gasteiger partial charge in [0, 0.05) is 31.7 Å². The molecule has 1 unspecified atom stereocenters. The van der Waals surface area contributed by atoms with E-state index in [-0.39, 0.29) is 11.3 Å². The van der Waals surface area contributed by atoms with Gasteiger partial charge >= 0.3 is 0 Å². The third kappa shape index (κ3) is 6.50. The SMILES string of the molecule is CCCCOc1ccc(C2C(=C(O)c3ccc4c(c3)OCCO4)C(=O)C(=O)N2CCCN2CCOCC2)cc1OCC. The molecule has 2 aromatic rings. The molecular weight excluding hydrogens is 540 g/mol. The Morgan fingerprint density at radius 3 is 2.45 bits per heavy atom. The number of likely N-dealkylation sites (tertiary alicyclic amines) is 1. The lowest BCUT2D eigenvalue weighted by molar-refractivity contribution is -0.140. The Morgan fingerprint density at radius 2 is 1.69 bits per heavy atom. The highest BCUT2D eigenvalue weighted by Crippen LogP contribution is 2.43. The molecule has 0 aliphatic carbocycles. The Morgan fingerprint density at radius 1 is 0.905 bits per heavy atom. The van der Waals surface area contributed by atoms with Gasteiger partial charge in [-0.1, -0.05) is 19.4 Å². The number of amides is 1. The summed E-state index contributed by atoms with van der Waals surface area (Å²) in [4.78, 5) is 30.9. The average molecular weight is 581 g/mol. The summed E-state index contributed by atoms with van der Waals surface area (Å²) in [5.74, 6) is 0.566. The van der Waals surface area contributed by atoms with Gasteiger partial charge in [0.2, 0.25) is 0 Å². The minimum absolute atomic E-state index is 0.0325.